The molecule has 0 aliphatic rings. The number of hydrogen-bond donors (Lipinski definition) is 1. The second kappa shape index (κ2) is 6.62. The standard InChI is InChI=1S/C20H15F2NO/c21-16-8-4-13(5-9-16)18-3-1-2-15(12-19(23)24)20(18)14-6-10-17(22)11-7-14/h1-11H,12H2,(H2,23,24). The Morgan fingerprint density at radius 3 is 1.88 bits per heavy atom. The minimum Gasteiger partial charge on any atom is -0.369 e. The van der Waals surface area contributed by atoms with Crippen LogP contribution >= 0.6 is 0 Å². The fourth-order valence-electron chi connectivity index (χ4n) is 2.76. The largest absolute Gasteiger partial charge is 0.369 e. The lowest BCUT2D eigenvalue weighted by Gasteiger charge is -2.15. The van der Waals surface area contributed by atoms with Crippen LogP contribution < -0.4 is 5.73 Å². The highest BCUT2D eigenvalue weighted by molar-refractivity contribution is 5.89. The summed E-state index contributed by atoms with van der Waals surface area (Å²) in [4.78, 5) is 11.4. The maximum atomic E-state index is 13.3. The first-order valence-electron chi connectivity index (χ1n) is 7.46. The van der Waals surface area contributed by atoms with Gasteiger partial charge in [0.1, 0.15) is 11.6 Å². The van der Waals surface area contributed by atoms with E-state index in [4.69, 9.17) is 5.73 Å². The summed E-state index contributed by atoms with van der Waals surface area (Å²) in [6.45, 7) is 0. The van der Waals surface area contributed by atoms with Crippen molar-refractivity contribution in [3.05, 3.63) is 83.9 Å². The zero-order valence-electron chi connectivity index (χ0n) is 12.8. The Bertz CT molecular complexity index is 871. The van der Waals surface area contributed by atoms with Crippen molar-refractivity contribution in [1.82, 2.24) is 0 Å². The first-order valence-corrected chi connectivity index (χ1v) is 7.46. The van der Waals surface area contributed by atoms with Crippen LogP contribution in [0.25, 0.3) is 22.3 Å². The lowest BCUT2D eigenvalue weighted by atomic mass is 9.89. The Balaban J connectivity index is 2.22. The fraction of sp³-hybridized carbons (Fsp3) is 0.0500. The molecule has 0 unspecified atom stereocenters. The molecule has 0 aliphatic heterocycles. The monoisotopic (exact) mass is 323 g/mol. The predicted octanol–water partition coefficient (Wildman–Crippen LogP) is 4.33. The van der Waals surface area contributed by atoms with Gasteiger partial charge in [0, 0.05) is 0 Å². The summed E-state index contributed by atoms with van der Waals surface area (Å²) in [5.41, 5.74) is 9.31. The van der Waals surface area contributed by atoms with Crippen LogP contribution in [0.4, 0.5) is 8.78 Å². The molecule has 3 aromatic carbocycles. The van der Waals surface area contributed by atoms with E-state index in [1.165, 1.54) is 24.3 Å². The van der Waals surface area contributed by atoms with Gasteiger partial charge in [-0.1, -0.05) is 42.5 Å². The Kier molecular flexibility index (Phi) is 4.38. The van der Waals surface area contributed by atoms with Gasteiger partial charge < -0.3 is 5.73 Å². The van der Waals surface area contributed by atoms with E-state index >= 15 is 0 Å². The predicted molar refractivity (Wildman–Crippen MR) is 90.1 cm³/mol. The van der Waals surface area contributed by atoms with Crippen molar-refractivity contribution >= 4 is 5.91 Å². The topological polar surface area (TPSA) is 43.1 Å². The summed E-state index contributed by atoms with van der Waals surface area (Å²) in [6.07, 6.45) is 0.0712. The quantitative estimate of drug-likeness (QED) is 0.763. The van der Waals surface area contributed by atoms with Crippen molar-refractivity contribution in [3.63, 3.8) is 0 Å². The van der Waals surface area contributed by atoms with Gasteiger partial charge in [-0.25, -0.2) is 8.78 Å². The van der Waals surface area contributed by atoms with Crippen LogP contribution in [0.1, 0.15) is 5.56 Å². The van der Waals surface area contributed by atoms with E-state index in [0.29, 0.717) is 0 Å². The molecule has 0 radical (unpaired) electrons. The van der Waals surface area contributed by atoms with Gasteiger partial charge >= 0.3 is 0 Å². The molecule has 0 aliphatic carbocycles. The summed E-state index contributed by atoms with van der Waals surface area (Å²) in [7, 11) is 0. The molecule has 2 nitrogen and oxygen atoms in total. The van der Waals surface area contributed by atoms with Gasteiger partial charge in [-0.3, -0.25) is 4.79 Å². The Labute approximate surface area is 138 Å². The van der Waals surface area contributed by atoms with Gasteiger partial charge in [0.25, 0.3) is 0 Å². The molecule has 0 bridgehead atoms. The normalized spacial score (nSPS) is 10.6. The Morgan fingerprint density at radius 1 is 0.792 bits per heavy atom. The highest BCUT2D eigenvalue weighted by atomic mass is 19.1. The van der Waals surface area contributed by atoms with Crippen molar-refractivity contribution in [1.29, 1.82) is 0 Å². The maximum absolute atomic E-state index is 13.3. The number of amides is 1. The third kappa shape index (κ3) is 3.33. The smallest absolute Gasteiger partial charge is 0.221 e. The molecular weight excluding hydrogens is 308 g/mol. The molecule has 120 valence electrons. The number of rotatable bonds is 4. The van der Waals surface area contributed by atoms with Crippen molar-refractivity contribution in [2.45, 2.75) is 6.42 Å². The minimum atomic E-state index is -0.449. The summed E-state index contributed by atoms with van der Waals surface area (Å²) in [6, 6.07) is 17.7. The lowest BCUT2D eigenvalue weighted by molar-refractivity contribution is -0.117. The number of benzene rings is 3. The van der Waals surface area contributed by atoms with Gasteiger partial charge in [-0.15, -0.1) is 0 Å². The van der Waals surface area contributed by atoms with Crippen LogP contribution in [0.15, 0.2) is 66.7 Å². The number of nitrogens with two attached hydrogens (primary N) is 1. The molecule has 0 saturated carbocycles. The molecule has 0 heterocycles. The van der Waals surface area contributed by atoms with E-state index in [1.807, 2.05) is 18.2 Å². The molecule has 0 fully saturated rings. The molecule has 2 N–H and O–H groups in total. The Morgan fingerprint density at radius 2 is 1.33 bits per heavy atom. The third-order valence-electron chi connectivity index (χ3n) is 3.80. The van der Waals surface area contributed by atoms with Crippen molar-refractivity contribution in [3.8, 4) is 22.3 Å². The molecule has 0 atom stereocenters. The highest BCUT2D eigenvalue weighted by Gasteiger charge is 2.14. The zero-order chi connectivity index (χ0) is 17.1. The summed E-state index contributed by atoms with van der Waals surface area (Å²) in [5, 5.41) is 0. The molecule has 0 saturated heterocycles. The minimum absolute atomic E-state index is 0.0712. The number of halogens is 2. The molecule has 4 heteroatoms. The Hall–Kier alpha value is -3.01. The van der Waals surface area contributed by atoms with Crippen molar-refractivity contribution in [2.24, 2.45) is 5.73 Å². The zero-order valence-corrected chi connectivity index (χ0v) is 12.8. The van der Waals surface area contributed by atoms with Gasteiger partial charge in [0.2, 0.25) is 5.91 Å². The van der Waals surface area contributed by atoms with E-state index < -0.39 is 5.91 Å². The average molecular weight is 323 g/mol. The molecule has 1 amide bonds. The maximum Gasteiger partial charge on any atom is 0.221 e. The van der Waals surface area contributed by atoms with Gasteiger partial charge in [0.15, 0.2) is 0 Å². The molecule has 3 aromatic rings. The second-order valence-electron chi connectivity index (χ2n) is 5.50. The SMILES string of the molecule is NC(=O)Cc1cccc(-c2ccc(F)cc2)c1-c1ccc(F)cc1. The van der Waals surface area contributed by atoms with Crippen molar-refractivity contribution in [2.75, 3.05) is 0 Å². The molecular formula is C20H15F2NO. The van der Waals surface area contributed by atoms with Gasteiger partial charge in [-0.05, 0) is 52.1 Å². The molecule has 24 heavy (non-hydrogen) atoms. The first-order chi connectivity index (χ1) is 11.5. The van der Waals surface area contributed by atoms with Crippen molar-refractivity contribution < 1.29 is 13.6 Å². The lowest BCUT2D eigenvalue weighted by Crippen LogP contribution is -2.14. The van der Waals surface area contributed by atoms with E-state index in [2.05, 4.69) is 0 Å². The number of hydrogen-bond acceptors (Lipinski definition) is 1. The molecule has 3 rings (SSSR count). The summed E-state index contributed by atoms with van der Waals surface area (Å²) < 4.78 is 26.5. The van der Waals surface area contributed by atoms with E-state index in [9.17, 15) is 13.6 Å². The van der Waals surface area contributed by atoms with E-state index in [-0.39, 0.29) is 18.1 Å². The van der Waals surface area contributed by atoms with Gasteiger partial charge in [0.05, 0.1) is 6.42 Å². The third-order valence-corrected chi connectivity index (χ3v) is 3.80. The van der Waals surface area contributed by atoms with Crippen LogP contribution in [-0.4, -0.2) is 5.91 Å². The summed E-state index contributed by atoms with van der Waals surface area (Å²) in [5.74, 6) is -1.11. The van der Waals surface area contributed by atoms with E-state index in [1.54, 1.807) is 24.3 Å². The van der Waals surface area contributed by atoms with Crippen LogP contribution in [-0.2, 0) is 11.2 Å². The summed E-state index contributed by atoms with van der Waals surface area (Å²) >= 11 is 0. The van der Waals surface area contributed by atoms with Crippen LogP contribution in [0, 0.1) is 11.6 Å². The van der Waals surface area contributed by atoms with Crippen LogP contribution in [0.3, 0.4) is 0 Å². The average Bonchev–Trinajstić information content (AvgIpc) is 2.56. The van der Waals surface area contributed by atoms with E-state index in [0.717, 1.165) is 27.8 Å². The highest BCUT2D eigenvalue weighted by Crippen LogP contribution is 2.35. The van der Waals surface area contributed by atoms with Gasteiger partial charge in [-0.2, -0.15) is 0 Å². The number of carbonyl (C=O) groups excluding carboxylic acids is 1. The first kappa shape index (κ1) is 15.9. The number of carbonyl (C=O) groups is 1. The number of primary amides is 1. The van der Waals surface area contributed by atoms with Crippen LogP contribution in [0.2, 0.25) is 0 Å². The second-order valence-corrected chi connectivity index (χ2v) is 5.50. The van der Waals surface area contributed by atoms with Crippen LogP contribution in [0.5, 0.6) is 0 Å². The molecule has 0 spiro atoms. The fourth-order valence-corrected chi connectivity index (χ4v) is 2.76. The molecule has 0 aromatic heterocycles.